The Labute approximate surface area is 172 Å². The van der Waals surface area contributed by atoms with E-state index in [-0.39, 0.29) is 16.0 Å². The first kappa shape index (κ1) is 20.1. The van der Waals surface area contributed by atoms with Crippen molar-refractivity contribution in [1.29, 1.82) is 0 Å². The molecule has 0 amide bonds. The standard InChI is InChI=1S/C21H19NO4S2/c1-25-15-13-18(20(26-2)19(14-15)22(23)24)21(27-16-9-5-3-6-10-16)28-17-11-7-4-8-12-17/h3-14,21H,1-2H3. The van der Waals surface area contributed by atoms with Crippen molar-refractivity contribution in [2.24, 2.45) is 0 Å². The van der Waals surface area contributed by atoms with Crippen molar-refractivity contribution in [2.45, 2.75) is 14.4 Å². The van der Waals surface area contributed by atoms with Gasteiger partial charge in [-0.05, 0) is 30.3 Å². The van der Waals surface area contributed by atoms with E-state index in [9.17, 15) is 10.1 Å². The second-order valence-corrected chi connectivity index (χ2v) is 8.38. The lowest BCUT2D eigenvalue weighted by molar-refractivity contribution is -0.385. The van der Waals surface area contributed by atoms with Gasteiger partial charge in [-0.3, -0.25) is 10.1 Å². The Morgan fingerprint density at radius 1 is 0.857 bits per heavy atom. The zero-order valence-corrected chi connectivity index (χ0v) is 17.0. The van der Waals surface area contributed by atoms with Crippen LogP contribution in [0.15, 0.2) is 82.6 Å². The van der Waals surface area contributed by atoms with Gasteiger partial charge in [0.05, 0.1) is 29.8 Å². The molecule has 0 saturated heterocycles. The molecule has 0 fully saturated rings. The minimum atomic E-state index is -0.442. The molecule has 0 spiro atoms. The molecular formula is C21H19NO4S2. The van der Waals surface area contributed by atoms with Crippen LogP contribution in [-0.2, 0) is 0 Å². The third-order valence-corrected chi connectivity index (χ3v) is 6.54. The SMILES string of the molecule is COc1cc(C(Sc2ccccc2)Sc2ccccc2)c(OC)c([N+](=O)[O-])c1. The highest BCUT2D eigenvalue weighted by Gasteiger charge is 2.27. The molecule has 0 unspecified atom stereocenters. The lowest BCUT2D eigenvalue weighted by Crippen LogP contribution is -2.01. The molecule has 144 valence electrons. The number of ether oxygens (including phenoxy) is 2. The van der Waals surface area contributed by atoms with Crippen LogP contribution in [0.1, 0.15) is 10.1 Å². The van der Waals surface area contributed by atoms with Crippen LogP contribution in [0.5, 0.6) is 11.5 Å². The number of hydrogen-bond donors (Lipinski definition) is 0. The normalized spacial score (nSPS) is 10.7. The van der Waals surface area contributed by atoms with E-state index in [4.69, 9.17) is 9.47 Å². The van der Waals surface area contributed by atoms with Gasteiger partial charge in [-0.15, -0.1) is 23.5 Å². The summed E-state index contributed by atoms with van der Waals surface area (Å²) in [4.78, 5) is 13.3. The van der Waals surface area contributed by atoms with E-state index in [2.05, 4.69) is 0 Å². The van der Waals surface area contributed by atoms with Crippen molar-refractivity contribution in [3.63, 3.8) is 0 Å². The molecule has 0 atom stereocenters. The van der Waals surface area contributed by atoms with Crippen LogP contribution < -0.4 is 9.47 Å². The molecule has 0 bridgehead atoms. The number of benzene rings is 3. The molecule has 3 aromatic carbocycles. The molecule has 0 aliphatic rings. The average molecular weight is 414 g/mol. The Morgan fingerprint density at radius 2 is 1.39 bits per heavy atom. The highest BCUT2D eigenvalue weighted by Crippen LogP contribution is 2.52. The summed E-state index contributed by atoms with van der Waals surface area (Å²) in [6.07, 6.45) is 0. The van der Waals surface area contributed by atoms with Crippen LogP contribution in [0.2, 0.25) is 0 Å². The molecular weight excluding hydrogens is 394 g/mol. The Hall–Kier alpha value is -2.64. The Bertz CT molecular complexity index is 894. The van der Waals surface area contributed by atoms with Gasteiger partial charge in [-0.1, -0.05) is 36.4 Å². The van der Waals surface area contributed by atoms with Gasteiger partial charge in [0.15, 0.2) is 0 Å². The monoisotopic (exact) mass is 413 g/mol. The van der Waals surface area contributed by atoms with Gasteiger partial charge in [0.2, 0.25) is 5.75 Å². The topological polar surface area (TPSA) is 61.6 Å². The Morgan fingerprint density at radius 3 is 1.82 bits per heavy atom. The van der Waals surface area contributed by atoms with Crippen LogP contribution in [0, 0.1) is 10.1 Å². The van der Waals surface area contributed by atoms with Gasteiger partial charge in [0.1, 0.15) is 5.75 Å². The maximum Gasteiger partial charge on any atom is 0.314 e. The van der Waals surface area contributed by atoms with E-state index < -0.39 is 4.92 Å². The van der Waals surface area contributed by atoms with Gasteiger partial charge in [0, 0.05) is 15.4 Å². The molecule has 3 aromatic rings. The van der Waals surface area contributed by atoms with Gasteiger partial charge in [-0.2, -0.15) is 0 Å². The maximum atomic E-state index is 11.6. The first-order chi connectivity index (χ1) is 13.6. The van der Waals surface area contributed by atoms with Crippen LogP contribution in [-0.4, -0.2) is 19.1 Å². The van der Waals surface area contributed by atoms with Crippen molar-refractivity contribution in [3.8, 4) is 11.5 Å². The van der Waals surface area contributed by atoms with Crippen molar-refractivity contribution < 1.29 is 14.4 Å². The largest absolute Gasteiger partial charge is 0.496 e. The summed E-state index contributed by atoms with van der Waals surface area (Å²) in [5.74, 6) is 0.678. The Balaban J connectivity index is 2.10. The molecule has 0 aliphatic heterocycles. The van der Waals surface area contributed by atoms with Crippen molar-refractivity contribution in [3.05, 3.63) is 88.5 Å². The minimum Gasteiger partial charge on any atom is -0.496 e. The smallest absolute Gasteiger partial charge is 0.314 e. The second kappa shape index (κ2) is 9.52. The summed E-state index contributed by atoms with van der Waals surface area (Å²) in [5.41, 5.74) is 0.598. The number of nitro benzene ring substituents is 1. The van der Waals surface area contributed by atoms with Gasteiger partial charge in [0.25, 0.3) is 0 Å². The van der Waals surface area contributed by atoms with Crippen LogP contribution in [0.3, 0.4) is 0 Å². The van der Waals surface area contributed by atoms with Crippen molar-refractivity contribution in [2.75, 3.05) is 14.2 Å². The molecule has 7 heteroatoms. The van der Waals surface area contributed by atoms with Crippen LogP contribution in [0.25, 0.3) is 0 Å². The van der Waals surface area contributed by atoms with E-state index >= 15 is 0 Å². The summed E-state index contributed by atoms with van der Waals surface area (Å²) >= 11 is 3.22. The summed E-state index contributed by atoms with van der Waals surface area (Å²) in [5, 5.41) is 11.6. The zero-order chi connectivity index (χ0) is 19.9. The number of nitrogens with zero attached hydrogens (tertiary/aromatic N) is 1. The number of methoxy groups -OCH3 is 2. The van der Waals surface area contributed by atoms with E-state index in [0.29, 0.717) is 11.3 Å². The Kier molecular flexibility index (Phi) is 6.84. The van der Waals surface area contributed by atoms with Crippen molar-refractivity contribution in [1.82, 2.24) is 0 Å². The van der Waals surface area contributed by atoms with Crippen LogP contribution >= 0.6 is 23.5 Å². The number of rotatable bonds is 8. The molecule has 0 heterocycles. The third-order valence-electron chi connectivity index (χ3n) is 3.93. The lowest BCUT2D eigenvalue weighted by Gasteiger charge is -2.20. The number of thioether (sulfide) groups is 2. The van der Waals surface area contributed by atoms with E-state index in [1.807, 2.05) is 66.7 Å². The number of nitro groups is 1. The molecule has 0 aromatic heterocycles. The summed E-state index contributed by atoms with van der Waals surface area (Å²) in [6.45, 7) is 0. The molecule has 5 nitrogen and oxygen atoms in total. The van der Waals surface area contributed by atoms with E-state index in [0.717, 1.165) is 9.79 Å². The first-order valence-corrected chi connectivity index (χ1v) is 10.2. The van der Waals surface area contributed by atoms with Crippen LogP contribution in [0.4, 0.5) is 5.69 Å². The lowest BCUT2D eigenvalue weighted by atomic mass is 10.1. The summed E-state index contributed by atoms with van der Waals surface area (Å²) in [6, 6.07) is 23.1. The fraction of sp³-hybridized carbons (Fsp3) is 0.143. The first-order valence-electron chi connectivity index (χ1n) is 8.46. The molecule has 3 rings (SSSR count). The fourth-order valence-corrected chi connectivity index (χ4v) is 5.24. The minimum absolute atomic E-state index is 0.107. The molecule has 0 N–H and O–H groups in total. The molecule has 0 saturated carbocycles. The predicted molar refractivity (Wildman–Crippen MR) is 114 cm³/mol. The molecule has 0 radical (unpaired) electrons. The highest BCUT2D eigenvalue weighted by molar-refractivity contribution is 8.16. The fourth-order valence-electron chi connectivity index (χ4n) is 2.66. The maximum absolute atomic E-state index is 11.6. The molecule has 28 heavy (non-hydrogen) atoms. The average Bonchev–Trinajstić information content (AvgIpc) is 2.73. The zero-order valence-electron chi connectivity index (χ0n) is 15.4. The van der Waals surface area contributed by atoms with Gasteiger partial charge < -0.3 is 9.47 Å². The van der Waals surface area contributed by atoms with E-state index in [1.54, 1.807) is 23.5 Å². The van der Waals surface area contributed by atoms with Gasteiger partial charge in [-0.25, -0.2) is 0 Å². The summed E-state index contributed by atoms with van der Waals surface area (Å²) < 4.78 is 10.6. The predicted octanol–water partition coefficient (Wildman–Crippen LogP) is 6.20. The van der Waals surface area contributed by atoms with Gasteiger partial charge >= 0.3 is 5.69 Å². The molecule has 0 aliphatic carbocycles. The van der Waals surface area contributed by atoms with E-state index in [1.165, 1.54) is 20.3 Å². The number of hydrogen-bond acceptors (Lipinski definition) is 6. The quantitative estimate of drug-likeness (QED) is 0.190. The summed E-state index contributed by atoms with van der Waals surface area (Å²) in [7, 11) is 2.95. The highest BCUT2D eigenvalue weighted by atomic mass is 32.2. The third kappa shape index (κ3) is 4.79. The van der Waals surface area contributed by atoms with Crippen molar-refractivity contribution >= 4 is 29.2 Å². The second-order valence-electron chi connectivity index (χ2n) is 5.72.